The van der Waals surface area contributed by atoms with Crippen molar-refractivity contribution in [1.29, 1.82) is 0 Å². The highest BCUT2D eigenvalue weighted by atomic mass is 35.5. The molecule has 5 rings (SSSR count). The number of H-pyrrole nitrogens is 1. The van der Waals surface area contributed by atoms with Crippen LogP contribution in [0.1, 0.15) is 36.8 Å². The highest BCUT2D eigenvalue weighted by Crippen LogP contribution is 2.30. The largest absolute Gasteiger partial charge is 0.390 e. The molecule has 0 aliphatic rings. The molecular weight excluding hydrogens is 450 g/mol. The van der Waals surface area contributed by atoms with Gasteiger partial charge in [0.05, 0.1) is 23.5 Å². The number of nitrogens with one attached hydrogen (secondary N) is 1. The fraction of sp³-hybridized carbons (Fsp3) is 0.240. The lowest BCUT2D eigenvalue weighted by molar-refractivity contribution is 0.271. The normalized spacial score (nSPS) is 11.4. The number of tetrazole rings is 1. The van der Waals surface area contributed by atoms with Crippen molar-refractivity contribution in [2.45, 2.75) is 39.3 Å². The van der Waals surface area contributed by atoms with Crippen LogP contribution in [0.4, 0.5) is 0 Å². The molecule has 0 atom stereocenters. The van der Waals surface area contributed by atoms with Gasteiger partial charge in [0.1, 0.15) is 5.82 Å². The number of halogens is 1. The summed E-state index contributed by atoms with van der Waals surface area (Å²) in [6, 6.07) is 18.2. The van der Waals surface area contributed by atoms with Crippen molar-refractivity contribution in [1.82, 2.24) is 35.2 Å². The number of aliphatic hydroxyl groups is 1. The van der Waals surface area contributed by atoms with Gasteiger partial charge in [0.15, 0.2) is 5.15 Å². The number of benzene rings is 2. The van der Waals surface area contributed by atoms with Crippen LogP contribution in [0.5, 0.6) is 0 Å². The van der Waals surface area contributed by atoms with E-state index in [1.54, 1.807) is 0 Å². The zero-order valence-corrected chi connectivity index (χ0v) is 19.5. The van der Waals surface area contributed by atoms with Crippen LogP contribution in [0.3, 0.4) is 0 Å². The minimum Gasteiger partial charge on any atom is -0.390 e. The fourth-order valence-electron chi connectivity index (χ4n) is 4.15. The number of hydrogen-bond donors (Lipinski definition) is 2. The predicted molar refractivity (Wildman–Crippen MR) is 131 cm³/mol. The Kier molecular flexibility index (Phi) is 6.33. The van der Waals surface area contributed by atoms with Gasteiger partial charge in [-0.25, -0.2) is 9.97 Å². The molecule has 0 saturated carbocycles. The fourth-order valence-corrected chi connectivity index (χ4v) is 4.41. The van der Waals surface area contributed by atoms with Gasteiger partial charge in [-0.3, -0.25) is 0 Å². The summed E-state index contributed by atoms with van der Waals surface area (Å²) in [5.41, 5.74) is 5.28. The summed E-state index contributed by atoms with van der Waals surface area (Å²) in [5.74, 6) is 1.44. The van der Waals surface area contributed by atoms with E-state index in [1.165, 1.54) is 0 Å². The first-order valence-corrected chi connectivity index (χ1v) is 11.6. The molecule has 3 heterocycles. The number of hydrogen-bond acceptors (Lipinski definition) is 6. The molecule has 0 radical (unpaired) electrons. The average Bonchev–Trinajstić information content (AvgIpc) is 3.50. The van der Waals surface area contributed by atoms with Gasteiger partial charge in [0, 0.05) is 29.5 Å². The number of aromatic amines is 1. The number of pyridine rings is 1. The quantitative estimate of drug-likeness (QED) is 0.335. The first-order chi connectivity index (χ1) is 16.7. The van der Waals surface area contributed by atoms with Crippen molar-refractivity contribution in [3.63, 3.8) is 0 Å². The zero-order valence-electron chi connectivity index (χ0n) is 18.7. The van der Waals surface area contributed by atoms with E-state index in [0.29, 0.717) is 23.2 Å². The van der Waals surface area contributed by atoms with Gasteiger partial charge in [-0.2, -0.15) is 5.21 Å². The number of nitrogens with zero attached hydrogens (tertiary/aromatic N) is 6. The maximum Gasteiger partial charge on any atom is 0.205 e. The molecular formula is C25H24ClN7O. The lowest BCUT2D eigenvalue weighted by Gasteiger charge is -2.12. The van der Waals surface area contributed by atoms with Crippen LogP contribution in [0.15, 0.2) is 54.6 Å². The molecule has 5 aromatic rings. The first-order valence-electron chi connectivity index (χ1n) is 11.3. The van der Waals surface area contributed by atoms with Gasteiger partial charge in [-0.05, 0) is 35.4 Å². The molecule has 2 aromatic carbocycles. The summed E-state index contributed by atoms with van der Waals surface area (Å²) in [6.45, 7) is 2.59. The summed E-state index contributed by atoms with van der Waals surface area (Å²) in [6.07, 6.45) is 2.92. The summed E-state index contributed by atoms with van der Waals surface area (Å²) >= 11 is 6.30. The van der Waals surface area contributed by atoms with Gasteiger partial charge in [0.2, 0.25) is 5.82 Å². The van der Waals surface area contributed by atoms with Gasteiger partial charge in [-0.15, -0.1) is 10.2 Å². The second-order valence-corrected chi connectivity index (χ2v) is 8.48. The summed E-state index contributed by atoms with van der Waals surface area (Å²) < 4.78 is 2.03. The Labute approximate surface area is 201 Å². The van der Waals surface area contributed by atoms with Crippen molar-refractivity contribution < 1.29 is 5.11 Å². The van der Waals surface area contributed by atoms with Crippen LogP contribution in [0, 0.1) is 0 Å². The highest BCUT2D eigenvalue weighted by Gasteiger charge is 2.16. The monoisotopic (exact) mass is 473 g/mol. The minimum atomic E-state index is -0.143. The predicted octanol–water partition coefficient (Wildman–Crippen LogP) is 4.82. The summed E-state index contributed by atoms with van der Waals surface area (Å²) in [4.78, 5) is 9.38. The van der Waals surface area contributed by atoms with Crippen LogP contribution >= 0.6 is 11.6 Å². The molecule has 0 fully saturated rings. The number of rotatable bonds is 8. The molecule has 2 N–H and O–H groups in total. The number of aromatic nitrogens is 7. The molecule has 0 aliphatic carbocycles. The van der Waals surface area contributed by atoms with E-state index < -0.39 is 0 Å². The number of unbranched alkanes of at least 4 members (excludes halogenated alkanes) is 1. The van der Waals surface area contributed by atoms with Gasteiger partial charge in [-0.1, -0.05) is 61.3 Å². The van der Waals surface area contributed by atoms with E-state index in [-0.39, 0.29) is 6.61 Å². The molecule has 8 nitrogen and oxygen atoms in total. The number of aryl methyl sites for hydroxylation is 1. The SMILES string of the molecule is CCCCc1nc(Cl)c(CO)n1Cc1ccc2nc(-c3ccccc3-c3nn[nH]n3)ccc2c1. The molecule has 0 unspecified atom stereocenters. The highest BCUT2D eigenvalue weighted by molar-refractivity contribution is 6.30. The molecule has 34 heavy (non-hydrogen) atoms. The zero-order chi connectivity index (χ0) is 23.5. The molecule has 0 amide bonds. The molecule has 0 spiro atoms. The topological polar surface area (TPSA) is 105 Å². The van der Waals surface area contributed by atoms with E-state index in [0.717, 1.165) is 58.4 Å². The number of fused-ring (bicyclic) bond motifs is 1. The van der Waals surface area contributed by atoms with Crippen LogP contribution in [0.25, 0.3) is 33.5 Å². The van der Waals surface area contributed by atoms with E-state index in [1.807, 2.05) is 41.0 Å². The lowest BCUT2D eigenvalue weighted by atomic mass is 10.0. The third-order valence-electron chi connectivity index (χ3n) is 5.89. The van der Waals surface area contributed by atoms with Crippen LogP contribution in [0.2, 0.25) is 5.15 Å². The third-order valence-corrected chi connectivity index (χ3v) is 6.19. The average molecular weight is 474 g/mol. The molecule has 0 saturated heterocycles. The Morgan fingerprint density at radius 2 is 1.88 bits per heavy atom. The van der Waals surface area contributed by atoms with Crippen molar-refractivity contribution in [2.24, 2.45) is 0 Å². The molecule has 9 heteroatoms. The molecule has 0 aliphatic heterocycles. The maximum atomic E-state index is 9.85. The Morgan fingerprint density at radius 1 is 1.03 bits per heavy atom. The van der Waals surface area contributed by atoms with E-state index in [9.17, 15) is 5.11 Å². The Morgan fingerprint density at radius 3 is 2.65 bits per heavy atom. The number of aliphatic hydroxyl groups excluding tert-OH is 1. The Bertz CT molecular complexity index is 1430. The van der Waals surface area contributed by atoms with Crippen LogP contribution < -0.4 is 0 Å². The van der Waals surface area contributed by atoms with Crippen molar-refractivity contribution in [2.75, 3.05) is 0 Å². The summed E-state index contributed by atoms with van der Waals surface area (Å²) in [5, 5.41) is 25.7. The van der Waals surface area contributed by atoms with Gasteiger partial charge in [0.25, 0.3) is 0 Å². The second-order valence-electron chi connectivity index (χ2n) is 8.12. The van der Waals surface area contributed by atoms with E-state index in [4.69, 9.17) is 16.6 Å². The van der Waals surface area contributed by atoms with Crippen LogP contribution in [-0.2, 0) is 19.6 Å². The van der Waals surface area contributed by atoms with Gasteiger partial charge < -0.3 is 9.67 Å². The lowest BCUT2D eigenvalue weighted by Crippen LogP contribution is -2.09. The summed E-state index contributed by atoms with van der Waals surface area (Å²) in [7, 11) is 0. The third kappa shape index (κ3) is 4.30. The van der Waals surface area contributed by atoms with Crippen molar-refractivity contribution in [3.05, 3.63) is 76.8 Å². The standard InChI is InChI=1S/C25H24ClN7O/c1-2-3-8-23-28-24(26)22(15-34)33(23)14-16-9-11-20-17(13-16)10-12-21(27-20)18-6-4-5-7-19(18)25-29-31-32-30-25/h4-7,9-13,34H,2-3,8,14-15H2,1H3,(H,29,30,31,32). The van der Waals surface area contributed by atoms with Crippen molar-refractivity contribution >= 4 is 22.5 Å². The second kappa shape index (κ2) is 9.70. The van der Waals surface area contributed by atoms with Gasteiger partial charge >= 0.3 is 0 Å². The Hall–Kier alpha value is -3.62. The number of imidazole rings is 1. The van der Waals surface area contributed by atoms with Crippen molar-refractivity contribution in [3.8, 4) is 22.6 Å². The molecule has 0 bridgehead atoms. The molecule has 3 aromatic heterocycles. The first kappa shape index (κ1) is 22.2. The minimum absolute atomic E-state index is 0.143. The molecule has 172 valence electrons. The van der Waals surface area contributed by atoms with E-state index in [2.05, 4.69) is 50.7 Å². The Balaban J connectivity index is 1.48. The smallest absolute Gasteiger partial charge is 0.205 e. The van der Waals surface area contributed by atoms with E-state index >= 15 is 0 Å². The maximum absolute atomic E-state index is 9.85. The van der Waals surface area contributed by atoms with Crippen LogP contribution in [-0.4, -0.2) is 40.3 Å².